The van der Waals surface area contributed by atoms with Gasteiger partial charge in [-0.1, -0.05) is 12.1 Å². The van der Waals surface area contributed by atoms with E-state index in [0.717, 1.165) is 25.9 Å². The minimum absolute atomic E-state index is 0.129. The molecule has 0 unspecified atom stereocenters. The lowest BCUT2D eigenvalue weighted by Crippen LogP contribution is -2.31. The summed E-state index contributed by atoms with van der Waals surface area (Å²) in [6.07, 6.45) is 5.47. The van der Waals surface area contributed by atoms with Crippen LogP contribution < -0.4 is 10.2 Å². The van der Waals surface area contributed by atoms with Gasteiger partial charge >= 0.3 is 0 Å². The Morgan fingerprint density at radius 1 is 1.18 bits per heavy atom. The minimum atomic E-state index is -2.78. The molecule has 0 saturated carbocycles. The van der Waals surface area contributed by atoms with E-state index < -0.39 is 12.5 Å². The number of pyridine rings is 1. The highest BCUT2D eigenvalue weighted by Gasteiger charge is 2.39. The van der Waals surface area contributed by atoms with Crippen molar-refractivity contribution in [2.45, 2.75) is 31.6 Å². The van der Waals surface area contributed by atoms with Gasteiger partial charge in [-0.25, -0.2) is 23.7 Å². The van der Waals surface area contributed by atoms with Crippen molar-refractivity contribution in [3.63, 3.8) is 0 Å². The zero-order chi connectivity index (χ0) is 26.7. The van der Waals surface area contributed by atoms with Crippen LogP contribution in [0.15, 0.2) is 48.8 Å². The molecule has 0 spiro atoms. The van der Waals surface area contributed by atoms with Gasteiger partial charge in [0.25, 0.3) is 5.92 Å². The fourth-order valence-corrected chi connectivity index (χ4v) is 4.97. The summed E-state index contributed by atoms with van der Waals surface area (Å²) in [5.41, 5.74) is 2.65. The molecular formula is C28H29F2N7O. The van der Waals surface area contributed by atoms with Crippen LogP contribution in [-0.4, -0.2) is 64.8 Å². The lowest BCUT2D eigenvalue weighted by molar-refractivity contribution is 0.0256. The molecule has 2 aromatic heterocycles. The monoisotopic (exact) mass is 517 g/mol. The first kappa shape index (κ1) is 25.7. The Morgan fingerprint density at radius 3 is 2.74 bits per heavy atom. The number of ketones is 1. The van der Waals surface area contributed by atoms with Crippen LogP contribution in [0.5, 0.6) is 0 Å². The minimum Gasteiger partial charge on any atom is -0.349 e. The second-order valence-corrected chi connectivity index (χ2v) is 10.1. The number of nitriles is 1. The number of nitrogens with one attached hydrogen (secondary N) is 1. The summed E-state index contributed by atoms with van der Waals surface area (Å²) in [5, 5.41) is 12.8. The average molecular weight is 518 g/mol. The zero-order valence-electron chi connectivity index (χ0n) is 21.2. The largest absolute Gasteiger partial charge is 0.349 e. The van der Waals surface area contributed by atoms with Gasteiger partial charge in [-0.05, 0) is 63.2 Å². The molecular weight excluding hydrogens is 488 g/mol. The molecule has 2 fully saturated rings. The highest BCUT2D eigenvalue weighted by atomic mass is 19.3. The van der Waals surface area contributed by atoms with E-state index in [1.807, 2.05) is 24.3 Å². The topological polar surface area (TPSA) is 98.0 Å². The number of piperidine rings is 1. The first-order valence-electron chi connectivity index (χ1n) is 12.7. The molecule has 4 heterocycles. The second kappa shape index (κ2) is 10.8. The standard InChI is InChI=1S/C28H29F2N7O/c1-36-10-6-19(7-11-36)13-25(38)20-3-2-4-23(15-20)34-27-32-9-5-24(35-27)22-14-21(16-31)26(33-17-22)37-12-8-28(29,30)18-37/h2-5,9,14-15,17,19H,6-8,10-13,18H2,1H3,(H,32,34,35). The third-order valence-electron chi connectivity index (χ3n) is 7.16. The molecule has 3 aromatic rings. The van der Waals surface area contributed by atoms with E-state index in [-0.39, 0.29) is 30.1 Å². The van der Waals surface area contributed by atoms with Crippen LogP contribution in [0.2, 0.25) is 0 Å². The molecule has 0 amide bonds. The van der Waals surface area contributed by atoms with Crippen LogP contribution in [0.25, 0.3) is 11.3 Å². The fourth-order valence-electron chi connectivity index (χ4n) is 4.97. The van der Waals surface area contributed by atoms with Crippen LogP contribution in [0.1, 0.15) is 41.6 Å². The SMILES string of the molecule is CN1CCC(CC(=O)c2cccc(Nc3nccc(-c4cnc(N5CCC(F)(F)C5)c(C#N)c4)n3)c2)CC1. The lowest BCUT2D eigenvalue weighted by Gasteiger charge is -2.28. The number of benzene rings is 1. The number of aromatic nitrogens is 3. The van der Waals surface area contributed by atoms with Gasteiger partial charge in [0.1, 0.15) is 11.9 Å². The molecule has 2 aliphatic heterocycles. The zero-order valence-corrected chi connectivity index (χ0v) is 21.2. The Morgan fingerprint density at radius 2 is 2.00 bits per heavy atom. The van der Waals surface area contributed by atoms with Gasteiger partial charge in [-0.2, -0.15) is 5.26 Å². The quantitative estimate of drug-likeness (QED) is 0.442. The Bertz CT molecular complexity index is 1370. The van der Waals surface area contributed by atoms with Crippen LogP contribution >= 0.6 is 0 Å². The Hall–Kier alpha value is -3.97. The van der Waals surface area contributed by atoms with Gasteiger partial charge in [0.15, 0.2) is 5.78 Å². The first-order chi connectivity index (χ1) is 18.3. The molecule has 1 N–H and O–H groups in total. The van der Waals surface area contributed by atoms with Gasteiger partial charge in [0.2, 0.25) is 5.95 Å². The van der Waals surface area contributed by atoms with E-state index >= 15 is 0 Å². The van der Waals surface area contributed by atoms with Gasteiger partial charge in [-0.15, -0.1) is 0 Å². The number of hydrogen-bond donors (Lipinski definition) is 1. The summed E-state index contributed by atoms with van der Waals surface area (Å²) in [6.45, 7) is 1.75. The Balaban J connectivity index is 1.29. The smallest absolute Gasteiger partial charge is 0.266 e. The number of anilines is 3. The molecule has 2 aliphatic rings. The van der Waals surface area contributed by atoms with Crippen molar-refractivity contribution in [1.29, 1.82) is 5.26 Å². The molecule has 0 atom stereocenters. The number of halogens is 2. The van der Waals surface area contributed by atoms with E-state index in [4.69, 9.17) is 0 Å². The summed E-state index contributed by atoms with van der Waals surface area (Å²) in [5.74, 6) is -1.67. The van der Waals surface area contributed by atoms with Gasteiger partial charge in [0, 0.05) is 48.6 Å². The van der Waals surface area contributed by atoms with Crippen molar-refractivity contribution in [3.05, 3.63) is 59.9 Å². The normalized spacial score (nSPS) is 17.8. The van der Waals surface area contributed by atoms with Crippen molar-refractivity contribution in [1.82, 2.24) is 19.9 Å². The molecule has 2 saturated heterocycles. The van der Waals surface area contributed by atoms with E-state index in [1.54, 1.807) is 18.3 Å². The first-order valence-corrected chi connectivity index (χ1v) is 12.7. The van der Waals surface area contributed by atoms with E-state index in [2.05, 4.69) is 38.3 Å². The van der Waals surface area contributed by atoms with E-state index in [0.29, 0.717) is 40.8 Å². The predicted octanol–water partition coefficient (Wildman–Crippen LogP) is 4.91. The van der Waals surface area contributed by atoms with Crippen molar-refractivity contribution in [2.24, 2.45) is 5.92 Å². The van der Waals surface area contributed by atoms with Gasteiger partial charge in [-0.3, -0.25) is 4.79 Å². The maximum Gasteiger partial charge on any atom is 0.266 e. The number of carbonyl (C=O) groups excluding carboxylic acids is 1. The summed E-state index contributed by atoms with van der Waals surface area (Å²) in [7, 11) is 2.11. The van der Waals surface area contributed by atoms with Crippen LogP contribution in [0, 0.1) is 17.2 Å². The van der Waals surface area contributed by atoms with Crippen molar-refractivity contribution < 1.29 is 13.6 Å². The molecule has 0 aliphatic carbocycles. The molecule has 196 valence electrons. The van der Waals surface area contributed by atoms with Crippen molar-refractivity contribution >= 4 is 23.2 Å². The summed E-state index contributed by atoms with van der Waals surface area (Å²) >= 11 is 0. The van der Waals surface area contributed by atoms with E-state index in [1.165, 1.54) is 11.1 Å². The third-order valence-corrected chi connectivity index (χ3v) is 7.16. The van der Waals surface area contributed by atoms with Gasteiger partial charge < -0.3 is 15.1 Å². The maximum absolute atomic E-state index is 13.7. The number of likely N-dealkylation sites (tertiary alicyclic amines) is 1. The number of nitrogens with zero attached hydrogens (tertiary/aromatic N) is 6. The van der Waals surface area contributed by atoms with E-state index in [9.17, 15) is 18.8 Å². The third kappa shape index (κ3) is 5.94. The maximum atomic E-state index is 13.7. The average Bonchev–Trinajstić information content (AvgIpc) is 3.29. The number of carbonyl (C=O) groups is 1. The van der Waals surface area contributed by atoms with Gasteiger partial charge in [0.05, 0.1) is 17.8 Å². The second-order valence-electron chi connectivity index (χ2n) is 10.1. The number of Topliss-reactive ketones (excluding diaryl/α,β-unsaturated/α-hetero) is 1. The van der Waals surface area contributed by atoms with Crippen LogP contribution in [-0.2, 0) is 0 Å². The Kier molecular flexibility index (Phi) is 7.29. The van der Waals surface area contributed by atoms with Crippen LogP contribution in [0.4, 0.5) is 26.2 Å². The highest BCUT2D eigenvalue weighted by molar-refractivity contribution is 5.97. The van der Waals surface area contributed by atoms with Crippen molar-refractivity contribution in [3.8, 4) is 17.3 Å². The molecule has 10 heteroatoms. The number of hydrogen-bond acceptors (Lipinski definition) is 8. The molecule has 8 nitrogen and oxygen atoms in total. The molecule has 0 bridgehead atoms. The molecule has 38 heavy (non-hydrogen) atoms. The number of alkyl halides is 2. The lowest BCUT2D eigenvalue weighted by atomic mass is 9.90. The van der Waals surface area contributed by atoms with Crippen molar-refractivity contribution in [2.75, 3.05) is 43.4 Å². The highest BCUT2D eigenvalue weighted by Crippen LogP contribution is 2.33. The summed E-state index contributed by atoms with van der Waals surface area (Å²) in [4.78, 5) is 29.8. The fraction of sp³-hybridized carbons (Fsp3) is 0.393. The summed E-state index contributed by atoms with van der Waals surface area (Å²) < 4.78 is 27.3. The molecule has 0 radical (unpaired) electrons. The van der Waals surface area contributed by atoms with Crippen LogP contribution in [0.3, 0.4) is 0 Å². The number of rotatable bonds is 7. The Labute approximate surface area is 220 Å². The summed E-state index contributed by atoms with van der Waals surface area (Å²) in [6, 6.07) is 12.7. The predicted molar refractivity (Wildman–Crippen MR) is 141 cm³/mol. The molecule has 1 aromatic carbocycles. The molecule has 5 rings (SSSR count).